The molecule has 1 aliphatic rings. The SMILES string of the molecule is NCCCCCCC(=O)N1CCCC(NS(=O)(=O)c2cccc(F)c2)C1. The summed E-state index contributed by atoms with van der Waals surface area (Å²) in [5, 5.41) is 0. The molecule has 1 unspecified atom stereocenters. The van der Waals surface area contributed by atoms with E-state index in [-0.39, 0.29) is 16.8 Å². The van der Waals surface area contributed by atoms with Crippen LogP contribution in [0.3, 0.4) is 0 Å². The number of amides is 1. The van der Waals surface area contributed by atoms with Gasteiger partial charge >= 0.3 is 0 Å². The summed E-state index contributed by atoms with van der Waals surface area (Å²) in [6.07, 6.45) is 5.70. The number of carbonyl (C=O) groups excluding carboxylic acids is 1. The Labute approximate surface area is 155 Å². The number of hydrogen-bond donors (Lipinski definition) is 2. The van der Waals surface area contributed by atoms with E-state index in [4.69, 9.17) is 5.73 Å². The summed E-state index contributed by atoms with van der Waals surface area (Å²) in [6.45, 7) is 1.68. The van der Waals surface area contributed by atoms with Crippen LogP contribution in [0.5, 0.6) is 0 Å². The minimum absolute atomic E-state index is 0.0624. The van der Waals surface area contributed by atoms with Gasteiger partial charge in [-0.1, -0.05) is 18.9 Å². The topological polar surface area (TPSA) is 92.5 Å². The number of nitrogens with two attached hydrogens (primary N) is 1. The van der Waals surface area contributed by atoms with Gasteiger partial charge in [-0.3, -0.25) is 4.79 Å². The van der Waals surface area contributed by atoms with Crippen LogP contribution < -0.4 is 10.5 Å². The third-order valence-electron chi connectivity index (χ3n) is 4.55. The fraction of sp³-hybridized carbons (Fsp3) is 0.611. The summed E-state index contributed by atoms with van der Waals surface area (Å²) >= 11 is 0. The third kappa shape index (κ3) is 6.34. The lowest BCUT2D eigenvalue weighted by Crippen LogP contribution is -2.49. The van der Waals surface area contributed by atoms with Crippen molar-refractivity contribution in [3.8, 4) is 0 Å². The van der Waals surface area contributed by atoms with Crippen LogP contribution in [-0.4, -0.2) is 44.9 Å². The molecule has 1 atom stereocenters. The third-order valence-corrected chi connectivity index (χ3v) is 6.07. The van der Waals surface area contributed by atoms with Gasteiger partial charge in [0.15, 0.2) is 0 Å². The highest BCUT2D eigenvalue weighted by atomic mass is 32.2. The first-order valence-corrected chi connectivity index (χ1v) is 10.7. The number of likely N-dealkylation sites (tertiary alicyclic amines) is 1. The van der Waals surface area contributed by atoms with Crippen LogP contribution in [0.25, 0.3) is 0 Å². The number of sulfonamides is 1. The van der Waals surface area contributed by atoms with E-state index in [1.807, 2.05) is 0 Å². The van der Waals surface area contributed by atoms with Gasteiger partial charge in [0.05, 0.1) is 4.90 Å². The number of rotatable bonds is 9. The zero-order valence-electron chi connectivity index (χ0n) is 15.0. The van der Waals surface area contributed by atoms with Crippen LogP contribution in [0.2, 0.25) is 0 Å². The lowest BCUT2D eigenvalue weighted by molar-refractivity contribution is -0.132. The lowest BCUT2D eigenvalue weighted by Gasteiger charge is -2.33. The Bertz CT molecular complexity index is 697. The molecule has 0 spiro atoms. The molecule has 0 radical (unpaired) electrons. The van der Waals surface area contributed by atoms with Crippen molar-refractivity contribution in [3.05, 3.63) is 30.1 Å². The van der Waals surface area contributed by atoms with Crippen LogP contribution >= 0.6 is 0 Å². The molecule has 1 amide bonds. The predicted molar refractivity (Wildman–Crippen MR) is 98.5 cm³/mol. The van der Waals surface area contributed by atoms with Crippen molar-refractivity contribution < 1.29 is 17.6 Å². The second kappa shape index (κ2) is 9.99. The van der Waals surface area contributed by atoms with Gasteiger partial charge in [-0.05, 0) is 50.4 Å². The minimum Gasteiger partial charge on any atom is -0.341 e. The normalized spacial score (nSPS) is 18.1. The molecule has 2 rings (SSSR count). The van der Waals surface area contributed by atoms with Gasteiger partial charge < -0.3 is 10.6 Å². The summed E-state index contributed by atoms with van der Waals surface area (Å²) in [6, 6.07) is 4.57. The summed E-state index contributed by atoms with van der Waals surface area (Å²) in [4.78, 5) is 14.0. The molecule has 1 aromatic carbocycles. The molecule has 1 saturated heterocycles. The van der Waals surface area contributed by atoms with E-state index in [9.17, 15) is 17.6 Å². The number of piperidine rings is 1. The van der Waals surface area contributed by atoms with Crippen molar-refractivity contribution in [1.29, 1.82) is 0 Å². The fourth-order valence-corrected chi connectivity index (χ4v) is 4.45. The number of hydrogen-bond acceptors (Lipinski definition) is 4. The van der Waals surface area contributed by atoms with Crippen molar-refractivity contribution in [3.63, 3.8) is 0 Å². The van der Waals surface area contributed by atoms with Crippen molar-refractivity contribution in [1.82, 2.24) is 9.62 Å². The molecular weight excluding hydrogens is 357 g/mol. The lowest BCUT2D eigenvalue weighted by atomic mass is 10.1. The van der Waals surface area contributed by atoms with Gasteiger partial charge in [-0.15, -0.1) is 0 Å². The fourth-order valence-electron chi connectivity index (χ4n) is 3.15. The van der Waals surface area contributed by atoms with Gasteiger partial charge in [-0.2, -0.15) is 0 Å². The Morgan fingerprint density at radius 1 is 1.27 bits per heavy atom. The van der Waals surface area contributed by atoms with E-state index in [0.717, 1.165) is 38.2 Å². The molecule has 0 bridgehead atoms. The molecular formula is C18H28FN3O3S. The first-order chi connectivity index (χ1) is 12.4. The van der Waals surface area contributed by atoms with E-state index in [1.165, 1.54) is 18.2 Å². The molecule has 1 aromatic rings. The predicted octanol–water partition coefficient (Wildman–Crippen LogP) is 2.00. The Hall–Kier alpha value is -1.51. The summed E-state index contributed by atoms with van der Waals surface area (Å²) in [5.74, 6) is -0.532. The average Bonchev–Trinajstić information content (AvgIpc) is 2.61. The molecule has 6 nitrogen and oxygen atoms in total. The van der Waals surface area contributed by atoms with Crippen LogP contribution in [0, 0.1) is 5.82 Å². The van der Waals surface area contributed by atoms with E-state index in [0.29, 0.717) is 32.5 Å². The van der Waals surface area contributed by atoms with Crippen molar-refractivity contribution in [2.45, 2.75) is 55.9 Å². The monoisotopic (exact) mass is 385 g/mol. The van der Waals surface area contributed by atoms with E-state index in [2.05, 4.69) is 4.72 Å². The molecule has 26 heavy (non-hydrogen) atoms. The number of halogens is 1. The van der Waals surface area contributed by atoms with Crippen LogP contribution in [0.4, 0.5) is 4.39 Å². The first kappa shape index (κ1) is 20.8. The van der Waals surface area contributed by atoms with E-state index in [1.54, 1.807) is 4.90 Å². The average molecular weight is 386 g/mol. The highest BCUT2D eigenvalue weighted by Gasteiger charge is 2.27. The maximum Gasteiger partial charge on any atom is 0.240 e. The summed E-state index contributed by atoms with van der Waals surface area (Å²) in [5.41, 5.74) is 5.45. The zero-order valence-corrected chi connectivity index (χ0v) is 15.8. The molecule has 146 valence electrons. The second-order valence-electron chi connectivity index (χ2n) is 6.71. The smallest absolute Gasteiger partial charge is 0.240 e. The van der Waals surface area contributed by atoms with Crippen LogP contribution in [-0.2, 0) is 14.8 Å². The Kier molecular flexibility index (Phi) is 7.99. The molecule has 3 N–H and O–H groups in total. The standard InChI is InChI=1S/C18H28FN3O3S/c19-15-7-5-9-17(13-15)26(24,25)21-16-8-6-12-22(14-16)18(23)10-3-1-2-4-11-20/h5,7,9,13,16,21H,1-4,6,8,10-12,14,20H2. The Balaban J connectivity index is 1.86. The van der Waals surface area contributed by atoms with E-state index < -0.39 is 15.8 Å². The first-order valence-electron chi connectivity index (χ1n) is 9.18. The van der Waals surface area contributed by atoms with Crippen molar-refractivity contribution in [2.24, 2.45) is 5.73 Å². The maximum absolute atomic E-state index is 13.3. The minimum atomic E-state index is -3.80. The molecule has 0 aliphatic carbocycles. The number of unbranched alkanes of at least 4 members (excludes halogenated alkanes) is 3. The highest BCUT2D eigenvalue weighted by molar-refractivity contribution is 7.89. The van der Waals surface area contributed by atoms with E-state index >= 15 is 0 Å². The Morgan fingerprint density at radius 3 is 2.77 bits per heavy atom. The van der Waals surface area contributed by atoms with Crippen molar-refractivity contribution in [2.75, 3.05) is 19.6 Å². The number of nitrogens with zero attached hydrogens (tertiary/aromatic N) is 1. The molecule has 8 heteroatoms. The van der Waals surface area contributed by atoms with Crippen LogP contribution in [0.15, 0.2) is 29.2 Å². The largest absolute Gasteiger partial charge is 0.341 e. The summed E-state index contributed by atoms with van der Waals surface area (Å²) < 4.78 is 40.7. The highest BCUT2D eigenvalue weighted by Crippen LogP contribution is 2.17. The maximum atomic E-state index is 13.3. The number of carbonyl (C=O) groups is 1. The van der Waals surface area contributed by atoms with Gasteiger partial charge in [0, 0.05) is 25.6 Å². The summed E-state index contributed by atoms with van der Waals surface area (Å²) in [7, 11) is -3.80. The molecule has 1 aliphatic heterocycles. The molecule has 1 heterocycles. The molecule has 0 saturated carbocycles. The van der Waals surface area contributed by atoms with Crippen LogP contribution in [0.1, 0.15) is 44.9 Å². The second-order valence-corrected chi connectivity index (χ2v) is 8.42. The van der Waals surface area contributed by atoms with Gasteiger partial charge in [-0.25, -0.2) is 17.5 Å². The number of nitrogens with one attached hydrogen (secondary N) is 1. The zero-order chi connectivity index (χ0) is 19.0. The molecule has 0 aromatic heterocycles. The number of benzene rings is 1. The Morgan fingerprint density at radius 2 is 2.04 bits per heavy atom. The van der Waals surface area contributed by atoms with Gasteiger partial charge in [0.1, 0.15) is 5.82 Å². The van der Waals surface area contributed by atoms with Gasteiger partial charge in [0.2, 0.25) is 15.9 Å². The quantitative estimate of drug-likeness (QED) is 0.636. The van der Waals surface area contributed by atoms with Crippen molar-refractivity contribution >= 4 is 15.9 Å². The molecule has 1 fully saturated rings. The van der Waals surface area contributed by atoms with Gasteiger partial charge in [0.25, 0.3) is 0 Å².